The highest BCUT2D eigenvalue weighted by molar-refractivity contribution is 5.94. The Balaban J connectivity index is 1.59. The van der Waals surface area contributed by atoms with E-state index in [0.717, 1.165) is 25.2 Å². The molecule has 0 aliphatic heterocycles. The molecule has 32 heavy (non-hydrogen) atoms. The van der Waals surface area contributed by atoms with Crippen LogP contribution in [0.25, 0.3) is 0 Å². The Bertz CT molecular complexity index is 827. The van der Waals surface area contributed by atoms with Crippen LogP contribution in [0.1, 0.15) is 119 Å². The lowest BCUT2D eigenvalue weighted by Gasteiger charge is -2.72. The lowest BCUT2D eigenvalue weighted by Crippen LogP contribution is -2.64. The fraction of sp³-hybridized carbons (Fsp3) is 0.867. The molecule has 0 bridgehead atoms. The molecule has 2 heteroatoms. The second kappa shape index (κ2) is 7.54. The number of allylic oxidation sites excluding steroid dienone is 1. The number of carbonyl (C=O) groups excluding carboxylic acids is 2. The summed E-state index contributed by atoms with van der Waals surface area (Å²) in [5, 5.41) is 0. The van der Waals surface area contributed by atoms with Gasteiger partial charge < -0.3 is 0 Å². The van der Waals surface area contributed by atoms with Crippen molar-refractivity contribution in [3.8, 4) is 0 Å². The van der Waals surface area contributed by atoms with Crippen molar-refractivity contribution in [2.24, 2.45) is 44.8 Å². The summed E-state index contributed by atoms with van der Waals surface area (Å²) < 4.78 is 0. The molecule has 4 rings (SSSR count). The van der Waals surface area contributed by atoms with Gasteiger partial charge in [0.25, 0.3) is 0 Å². The highest BCUT2D eigenvalue weighted by Gasteiger charge is 2.67. The van der Waals surface area contributed by atoms with Crippen LogP contribution in [-0.4, -0.2) is 11.6 Å². The fourth-order valence-electron chi connectivity index (χ4n) is 9.85. The quantitative estimate of drug-likeness (QED) is 0.416. The van der Waals surface area contributed by atoms with Crippen LogP contribution in [-0.2, 0) is 9.59 Å². The molecule has 0 saturated heterocycles. The van der Waals surface area contributed by atoms with E-state index in [-0.39, 0.29) is 22.5 Å². The highest BCUT2D eigenvalue weighted by atomic mass is 16.1. The molecule has 0 radical (unpaired) electrons. The number of carbonyl (C=O) groups is 2. The van der Waals surface area contributed by atoms with Crippen LogP contribution in [0, 0.1) is 44.8 Å². The van der Waals surface area contributed by atoms with E-state index in [1.165, 1.54) is 44.9 Å². The Morgan fingerprint density at radius 1 is 0.938 bits per heavy atom. The Labute approximate surface area is 197 Å². The first kappa shape index (κ1) is 24.2. The number of ketones is 2. The van der Waals surface area contributed by atoms with Crippen molar-refractivity contribution in [2.75, 3.05) is 0 Å². The molecule has 0 aromatic rings. The zero-order chi connectivity index (χ0) is 23.7. The number of hydrogen-bond donors (Lipinski definition) is 0. The number of rotatable bonds is 4. The molecule has 0 heterocycles. The van der Waals surface area contributed by atoms with Crippen molar-refractivity contribution in [1.82, 2.24) is 0 Å². The van der Waals surface area contributed by atoms with Crippen molar-refractivity contribution in [2.45, 2.75) is 119 Å². The molecular formula is C30H48O2. The molecule has 4 aliphatic rings. The minimum absolute atomic E-state index is 0.191. The van der Waals surface area contributed by atoms with Gasteiger partial charge in [0.2, 0.25) is 0 Å². The average Bonchev–Trinajstić information content (AvgIpc) is 2.71. The van der Waals surface area contributed by atoms with Gasteiger partial charge in [0, 0.05) is 18.8 Å². The third-order valence-electron chi connectivity index (χ3n) is 12.4. The molecule has 4 fully saturated rings. The fourth-order valence-corrected chi connectivity index (χ4v) is 9.85. The van der Waals surface area contributed by atoms with Gasteiger partial charge in [-0.2, -0.15) is 0 Å². The SMILES string of the molecule is C=C(C)C(=O)CC[C@]1(C)CC[C@]2(C)C3CC[C@@]4(C)C(CCC(=O)[C@@H]4C)[C@]3(C)CC[C@@]2(C)C1. The van der Waals surface area contributed by atoms with E-state index in [9.17, 15) is 9.59 Å². The van der Waals surface area contributed by atoms with Crippen LogP contribution in [0.2, 0.25) is 0 Å². The van der Waals surface area contributed by atoms with Gasteiger partial charge in [-0.25, -0.2) is 0 Å². The third kappa shape index (κ3) is 3.32. The van der Waals surface area contributed by atoms with Crippen LogP contribution in [0.15, 0.2) is 12.2 Å². The van der Waals surface area contributed by atoms with Crippen LogP contribution >= 0.6 is 0 Å². The summed E-state index contributed by atoms with van der Waals surface area (Å²) in [7, 11) is 0. The Morgan fingerprint density at radius 3 is 2.28 bits per heavy atom. The summed E-state index contributed by atoms with van der Waals surface area (Å²) >= 11 is 0. The summed E-state index contributed by atoms with van der Waals surface area (Å²) in [5.74, 6) is 2.42. The van der Waals surface area contributed by atoms with E-state index < -0.39 is 0 Å². The summed E-state index contributed by atoms with van der Waals surface area (Å²) in [6.45, 7) is 20.7. The van der Waals surface area contributed by atoms with E-state index >= 15 is 0 Å². The highest BCUT2D eigenvalue weighted by Crippen LogP contribution is 2.75. The van der Waals surface area contributed by atoms with Crippen LogP contribution in [0.3, 0.4) is 0 Å². The van der Waals surface area contributed by atoms with E-state index in [0.29, 0.717) is 39.9 Å². The molecule has 4 aliphatic carbocycles. The zero-order valence-electron chi connectivity index (χ0n) is 22.0. The van der Waals surface area contributed by atoms with Gasteiger partial charge >= 0.3 is 0 Å². The minimum atomic E-state index is 0.191. The van der Waals surface area contributed by atoms with Crippen LogP contribution in [0.4, 0.5) is 0 Å². The summed E-state index contributed by atoms with van der Waals surface area (Å²) in [6.07, 6.45) is 12.5. The van der Waals surface area contributed by atoms with Gasteiger partial charge in [-0.15, -0.1) is 0 Å². The molecule has 0 spiro atoms. The van der Waals surface area contributed by atoms with Gasteiger partial charge in [0.15, 0.2) is 5.78 Å². The van der Waals surface area contributed by atoms with Crippen molar-refractivity contribution < 1.29 is 9.59 Å². The molecule has 180 valence electrons. The molecule has 4 saturated carbocycles. The second-order valence-electron chi connectivity index (χ2n) is 14.1. The van der Waals surface area contributed by atoms with Crippen molar-refractivity contribution in [3.63, 3.8) is 0 Å². The lowest BCUT2D eigenvalue weighted by molar-refractivity contribution is -0.225. The lowest BCUT2D eigenvalue weighted by atomic mass is 9.33. The van der Waals surface area contributed by atoms with E-state index in [2.05, 4.69) is 48.1 Å². The van der Waals surface area contributed by atoms with E-state index in [1.54, 1.807) is 0 Å². The van der Waals surface area contributed by atoms with Gasteiger partial charge in [0.05, 0.1) is 0 Å². The first-order chi connectivity index (χ1) is 14.7. The molecule has 2 nitrogen and oxygen atoms in total. The summed E-state index contributed by atoms with van der Waals surface area (Å²) in [6, 6.07) is 0. The summed E-state index contributed by atoms with van der Waals surface area (Å²) in [5.41, 5.74) is 2.24. The predicted octanol–water partition coefficient (Wildman–Crippen LogP) is 7.95. The molecular weight excluding hydrogens is 392 g/mol. The first-order valence-corrected chi connectivity index (χ1v) is 13.4. The zero-order valence-corrected chi connectivity index (χ0v) is 22.0. The number of hydrogen-bond acceptors (Lipinski definition) is 2. The minimum Gasteiger partial charge on any atom is -0.299 e. The van der Waals surface area contributed by atoms with Gasteiger partial charge in [0.1, 0.15) is 5.78 Å². The monoisotopic (exact) mass is 440 g/mol. The van der Waals surface area contributed by atoms with Crippen molar-refractivity contribution in [3.05, 3.63) is 12.2 Å². The average molecular weight is 441 g/mol. The second-order valence-corrected chi connectivity index (χ2v) is 14.1. The predicted molar refractivity (Wildman–Crippen MR) is 132 cm³/mol. The normalized spacial score (nSPS) is 50.7. The molecule has 0 amide bonds. The van der Waals surface area contributed by atoms with Gasteiger partial charge in [-0.3, -0.25) is 9.59 Å². The molecule has 8 atom stereocenters. The standard InChI is InChI=1S/C30H48O2/c1-20(2)22(31)11-13-26(4)15-18-30(8)25-12-14-28(6)21(3)23(32)9-10-24(28)29(25,7)17-16-27(30,5)19-26/h21,24-25H,1,9-19H2,2-8H3/t21-,24?,25?,26+,27-,28+,29-,30+/m0/s1. The van der Waals surface area contributed by atoms with Crippen LogP contribution < -0.4 is 0 Å². The molecule has 0 aromatic heterocycles. The van der Waals surface area contributed by atoms with Crippen molar-refractivity contribution in [1.29, 1.82) is 0 Å². The molecule has 0 N–H and O–H groups in total. The maximum Gasteiger partial charge on any atom is 0.158 e. The topological polar surface area (TPSA) is 34.1 Å². The number of Topliss-reactive ketones (excluding diaryl/α,β-unsaturated/α-hetero) is 2. The van der Waals surface area contributed by atoms with Crippen LogP contribution in [0.5, 0.6) is 0 Å². The van der Waals surface area contributed by atoms with E-state index in [1.807, 2.05) is 6.92 Å². The maximum absolute atomic E-state index is 12.7. The Morgan fingerprint density at radius 2 is 1.62 bits per heavy atom. The first-order valence-electron chi connectivity index (χ1n) is 13.4. The number of fused-ring (bicyclic) bond motifs is 5. The molecule has 0 aromatic carbocycles. The van der Waals surface area contributed by atoms with Crippen molar-refractivity contribution >= 4 is 11.6 Å². The van der Waals surface area contributed by atoms with E-state index in [4.69, 9.17) is 0 Å². The third-order valence-corrected chi connectivity index (χ3v) is 12.4. The smallest absolute Gasteiger partial charge is 0.158 e. The van der Waals surface area contributed by atoms with Gasteiger partial charge in [-0.05, 0) is 109 Å². The Kier molecular flexibility index (Phi) is 5.71. The maximum atomic E-state index is 12.7. The largest absolute Gasteiger partial charge is 0.299 e. The Hall–Kier alpha value is -0.920. The van der Waals surface area contributed by atoms with Gasteiger partial charge in [-0.1, -0.05) is 48.1 Å². The molecule has 2 unspecified atom stereocenters. The summed E-state index contributed by atoms with van der Waals surface area (Å²) in [4.78, 5) is 24.9.